The molecule has 0 radical (unpaired) electrons. The molecule has 0 atom stereocenters. The van der Waals surface area contributed by atoms with Crippen molar-refractivity contribution >= 4 is 7.82 Å². The van der Waals surface area contributed by atoms with E-state index in [1.54, 1.807) is 127 Å². The van der Waals surface area contributed by atoms with E-state index in [0.717, 1.165) is 33.4 Å². The lowest BCUT2D eigenvalue weighted by Gasteiger charge is -2.20. The maximum Gasteiger partial charge on any atom is 0.647 e. The Kier molecular flexibility index (Phi) is 7.96. The summed E-state index contributed by atoms with van der Waals surface area (Å²) in [6.07, 6.45) is 0. The van der Waals surface area contributed by atoms with Crippen LogP contribution in [0, 0.1) is 0 Å². The van der Waals surface area contributed by atoms with Crippen LogP contribution in [0.3, 0.4) is 0 Å². The van der Waals surface area contributed by atoms with Gasteiger partial charge >= 0.3 is 7.82 Å². The van der Waals surface area contributed by atoms with Gasteiger partial charge in [0, 0.05) is 0 Å². The van der Waals surface area contributed by atoms with Crippen molar-refractivity contribution in [2.24, 2.45) is 0 Å². The van der Waals surface area contributed by atoms with E-state index < -0.39 is 7.82 Å². The van der Waals surface area contributed by atoms with Crippen molar-refractivity contribution in [1.82, 2.24) is 0 Å². The van der Waals surface area contributed by atoms with Gasteiger partial charge in [-0.15, -0.1) is 0 Å². The Bertz CT molecular complexity index is 1710. The minimum absolute atomic E-state index is 0.152. The van der Waals surface area contributed by atoms with E-state index in [1.165, 1.54) is 0 Å². The monoisotopic (exact) mass is 602 g/mol. The van der Waals surface area contributed by atoms with Gasteiger partial charge in [0.15, 0.2) is 0 Å². The third kappa shape index (κ3) is 6.86. The molecule has 44 heavy (non-hydrogen) atoms. The van der Waals surface area contributed by atoms with E-state index >= 15 is 0 Å². The number of phenolic OH excluding ortho intramolecular Hbond substituents is 3. The Balaban J connectivity index is 1.26. The third-order valence-electron chi connectivity index (χ3n) is 6.75. The summed E-state index contributed by atoms with van der Waals surface area (Å²) in [5, 5.41) is 29.5. The van der Waals surface area contributed by atoms with Crippen LogP contribution in [0.5, 0.6) is 34.5 Å². The van der Waals surface area contributed by atoms with Crippen LogP contribution in [0.2, 0.25) is 0 Å². The van der Waals surface area contributed by atoms with E-state index in [2.05, 4.69) is 0 Å². The average molecular weight is 603 g/mol. The standard InChI is InChI=1S/C36H27O7P/c37-31-7-1-4-28(22-31)25-10-16-34(17-11-25)41-44(40,42-35-18-12-26(13-19-35)29-5-2-8-32(38)23-29)43-36-20-14-27(15-21-36)30-6-3-9-33(39)24-30/h1-24,37-39H. The van der Waals surface area contributed by atoms with Crippen LogP contribution in [0.15, 0.2) is 146 Å². The van der Waals surface area contributed by atoms with Gasteiger partial charge in [0.1, 0.15) is 34.5 Å². The first-order valence-corrected chi connectivity index (χ1v) is 15.2. The van der Waals surface area contributed by atoms with Gasteiger partial charge in [0.2, 0.25) is 0 Å². The van der Waals surface area contributed by atoms with Gasteiger partial charge in [-0.1, -0.05) is 72.8 Å². The number of hydrogen-bond donors (Lipinski definition) is 3. The lowest BCUT2D eigenvalue weighted by atomic mass is 10.1. The van der Waals surface area contributed by atoms with Gasteiger partial charge in [-0.05, 0) is 106 Å². The van der Waals surface area contributed by atoms with E-state index in [-0.39, 0.29) is 34.5 Å². The summed E-state index contributed by atoms with van der Waals surface area (Å²) in [4.78, 5) is 0. The van der Waals surface area contributed by atoms with Gasteiger partial charge in [-0.3, -0.25) is 0 Å². The minimum atomic E-state index is -4.29. The molecule has 0 aliphatic carbocycles. The summed E-state index contributed by atoms with van der Waals surface area (Å²) in [5.74, 6) is 1.22. The molecule has 0 aromatic heterocycles. The topological polar surface area (TPSA) is 105 Å². The molecule has 0 amide bonds. The molecular formula is C36H27O7P. The lowest BCUT2D eigenvalue weighted by molar-refractivity contribution is 0.298. The van der Waals surface area contributed by atoms with Crippen LogP contribution in [0.4, 0.5) is 0 Å². The van der Waals surface area contributed by atoms with Crippen molar-refractivity contribution in [1.29, 1.82) is 0 Å². The molecule has 0 fully saturated rings. The first-order chi connectivity index (χ1) is 21.3. The zero-order chi connectivity index (χ0) is 30.5. The van der Waals surface area contributed by atoms with E-state index in [9.17, 15) is 19.9 Å². The smallest absolute Gasteiger partial charge is 0.508 e. The van der Waals surface area contributed by atoms with Crippen LogP contribution in [0.1, 0.15) is 0 Å². The third-order valence-corrected chi connectivity index (χ3v) is 8.06. The normalized spacial score (nSPS) is 11.1. The number of aromatic hydroxyl groups is 3. The van der Waals surface area contributed by atoms with Gasteiger partial charge in [-0.2, -0.15) is 4.57 Å². The number of phenols is 3. The molecule has 0 aliphatic rings. The number of rotatable bonds is 9. The summed E-state index contributed by atoms with van der Waals surface area (Å²) >= 11 is 0. The maximum absolute atomic E-state index is 14.2. The Morgan fingerprint density at radius 2 is 0.636 bits per heavy atom. The first kappa shape index (κ1) is 28.5. The molecule has 6 aromatic rings. The summed E-state index contributed by atoms with van der Waals surface area (Å²) in [6, 6.07) is 41.2. The Morgan fingerprint density at radius 3 is 0.886 bits per heavy atom. The summed E-state index contributed by atoms with van der Waals surface area (Å²) in [6.45, 7) is 0. The van der Waals surface area contributed by atoms with Crippen LogP contribution in [-0.2, 0) is 4.57 Å². The predicted octanol–water partition coefficient (Wildman–Crippen LogP) is 9.45. The van der Waals surface area contributed by atoms with Crippen LogP contribution >= 0.6 is 7.82 Å². The van der Waals surface area contributed by atoms with E-state index in [4.69, 9.17) is 13.6 Å². The fourth-order valence-electron chi connectivity index (χ4n) is 4.62. The number of hydrogen-bond acceptors (Lipinski definition) is 7. The number of phosphoric acid groups is 1. The molecule has 0 saturated carbocycles. The fraction of sp³-hybridized carbons (Fsp3) is 0. The Labute approximate surface area is 254 Å². The molecule has 0 saturated heterocycles. The average Bonchev–Trinajstić information content (AvgIpc) is 3.02. The molecule has 6 aromatic carbocycles. The number of phosphoric ester groups is 1. The molecule has 0 heterocycles. The molecular weight excluding hydrogens is 575 g/mol. The first-order valence-electron chi connectivity index (χ1n) is 13.7. The second kappa shape index (κ2) is 12.3. The van der Waals surface area contributed by atoms with Gasteiger partial charge in [-0.25, -0.2) is 0 Å². The van der Waals surface area contributed by atoms with Crippen molar-refractivity contribution in [3.05, 3.63) is 146 Å². The quantitative estimate of drug-likeness (QED) is 0.142. The molecule has 0 aliphatic heterocycles. The van der Waals surface area contributed by atoms with Crippen molar-refractivity contribution in [2.75, 3.05) is 0 Å². The molecule has 3 N–H and O–H groups in total. The summed E-state index contributed by atoms with van der Waals surface area (Å²) < 4.78 is 31.8. The summed E-state index contributed by atoms with van der Waals surface area (Å²) in [7, 11) is -4.29. The maximum atomic E-state index is 14.2. The van der Waals surface area contributed by atoms with Crippen molar-refractivity contribution in [2.45, 2.75) is 0 Å². The Morgan fingerprint density at radius 1 is 0.364 bits per heavy atom. The minimum Gasteiger partial charge on any atom is -0.508 e. The largest absolute Gasteiger partial charge is 0.647 e. The molecule has 0 bridgehead atoms. The Hall–Kier alpha value is -5.65. The van der Waals surface area contributed by atoms with Crippen molar-refractivity contribution < 1.29 is 33.5 Å². The van der Waals surface area contributed by atoms with Crippen LogP contribution in [-0.4, -0.2) is 15.3 Å². The molecule has 7 nitrogen and oxygen atoms in total. The molecule has 218 valence electrons. The van der Waals surface area contributed by atoms with E-state index in [0.29, 0.717) is 0 Å². The highest BCUT2D eigenvalue weighted by atomic mass is 31.2. The zero-order valence-corrected chi connectivity index (χ0v) is 24.2. The second-order valence-corrected chi connectivity index (χ2v) is 11.4. The molecule has 8 heteroatoms. The zero-order valence-electron chi connectivity index (χ0n) is 23.3. The van der Waals surface area contributed by atoms with Crippen LogP contribution in [0.25, 0.3) is 33.4 Å². The fourth-order valence-corrected chi connectivity index (χ4v) is 5.88. The molecule has 6 rings (SSSR count). The van der Waals surface area contributed by atoms with E-state index in [1.807, 2.05) is 18.2 Å². The van der Waals surface area contributed by atoms with Gasteiger partial charge in [0.05, 0.1) is 0 Å². The van der Waals surface area contributed by atoms with Crippen LogP contribution < -0.4 is 13.6 Å². The highest BCUT2D eigenvalue weighted by molar-refractivity contribution is 7.49. The summed E-state index contributed by atoms with van der Waals surface area (Å²) in [5.41, 5.74) is 4.92. The molecule has 0 spiro atoms. The highest BCUT2D eigenvalue weighted by Gasteiger charge is 2.33. The molecule has 0 unspecified atom stereocenters. The van der Waals surface area contributed by atoms with Gasteiger partial charge < -0.3 is 28.9 Å². The van der Waals surface area contributed by atoms with Crippen molar-refractivity contribution in [3.63, 3.8) is 0 Å². The SMILES string of the molecule is O=P(Oc1ccc(-c2cccc(O)c2)cc1)(Oc1ccc(-c2cccc(O)c2)cc1)Oc1ccc(-c2cccc(O)c2)cc1. The highest BCUT2D eigenvalue weighted by Crippen LogP contribution is 2.50. The number of benzene rings is 6. The lowest BCUT2D eigenvalue weighted by Crippen LogP contribution is -2.07. The second-order valence-electron chi connectivity index (χ2n) is 9.95. The van der Waals surface area contributed by atoms with Gasteiger partial charge in [0.25, 0.3) is 0 Å². The predicted molar refractivity (Wildman–Crippen MR) is 170 cm³/mol. The van der Waals surface area contributed by atoms with Crippen molar-refractivity contribution in [3.8, 4) is 67.9 Å².